The second-order valence-corrected chi connectivity index (χ2v) is 6.71. The smallest absolute Gasteiger partial charge is 0.248 e. The molecule has 1 aromatic carbocycles. The lowest BCUT2D eigenvalue weighted by Crippen LogP contribution is -2.41. The first-order valence-electron chi connectivity index (χ1n) is 7.46. The summed E-state index contributed by atoms with van der Waals surface area (Å²) in [5.74, 6) is -2.57. The molecule has 0 spiro atoms. The van der Waals surface area contributed by atoms with Gasteiger partial charge in [-0.3, -0.25) is 0 Å². The standard InChI is InChI=1S/C16H21BrF3N/c1-2-21-15(11-5-7-16(19,20)8-6-11)10-12-9-13(17)3-4-14(12)18/h3-4,9,11,15,21H,2,5-8,10H2,1H3. The average Bonchev–Trinajstić information content (AvgIpc) is 2.42. The number of hydrogen-bond acceptors (Lipinski definition) is 1. The molecule has 1 saturated carbocycles. The van der Waals surface area contributed by atoms with Crippen LogP contribution in [-0.2, 0) is 6.42 Å². The largest absolute Gasteiger partial charge is 0.314 e. The second kappa shape index (κ2) is 7.14. The van der Waals surface area contributed by atoms with Gasteiger partial charge in [-0.25, -0.2) is 13.2 Å². The summed E-state index contributed by atoms with van der Waals surface area (Å²) in [5, 5.41) is 3.35. The topological polar surface area (TPSA) is 12.0 Å². The van der Waals surface area contributed by atoms with Gasteiger partial charge in [-0.1, -0.05) is 22.9 Å². The van der Waals surface area contributed by atoms with E-state index in [1.54, 1.807) is 12.1 Å². The molecular formula is C16H21BrF3N. The van der Waals surface area contributed by atoms with Crippen LogP contribution in [0.4, 0.5) is 13.2 Å². The fourth-order valence-electron chi connectivity index (χ4n) is 3.07. The van der Waals surface area contributed by atoms with Gasteiger partial charge in [-0.2, -0.15) is 0 Å². The van der Waals surface area contributed by atoms with Gasteiger partial charge in [0.25, 0.3) is 0 Å². The number of rotatable bonds is 5. The normalized spacial score (nSPS) is 20.4. The molecule has 1 N–H and O–H groups in total. The maximum absolute atomic E-state index is 13.9. The fourth-order valence-corrected chi connectivity index (χ4v) is 3.48. The zero-order valence-corrected chi connectivity index (χ0v) is 13.7. The number of halogens is 4. The molecule has 1 nitrogen and oxygen atoms in total. The van der Waals surface area contributed by atoms with E-state index in [4.69, 9.17) is 0 Å². The van der Waals surface area contributed by atoms with Gasteiger partial charge in [0.05, 0.1) is 0 Å². The average molecular weight is 364 g/mol. The van der Waals surface area contributed by atoms with E-state index in [1.807, 2.05) is 6.92 Å². The minimum atomic E-state index is -2.52. The first-order valence-corrected chi connectivity index (χ1v) is 8.26. The highest BCUT2D eigenvalue weighted by Crippen LogP contribution is 2.38. The number of hydrogen-bond donors (Lipinski definition) is 1. The Morgan fingerprint density at radius 3 is 2.62 bits per heavy atom. The minimum Gasteiger partial charge on any atom is -0.314 e. The SMILES string of the molecule is CCNC(Cc1cc(Br)ccc1F)C1CCC(F)(F)CC1. The lowest BCUT2D eigenvalue weighted by atomic mass is 9.80. The van der Waals surface area contributed by atoms with Crippen LogP contribution in [0.15, 0.2) is 22.7 Å². The molecule has 1 atom stereocenters. The molecule has 1 aliphatic carbocycles. The van der Waals surface area contributed by atoms with Crippen molar-refractivity contribution in [1.82, 2.24) is 5.32 Å². The van der Waals surface area contributed by atoms with Crippen molar-refractivity contribution in [3.63, 3.8) is 0 Å². The molecule has 0 aliphatic heterocycles. The molecule has 0 saturated heterocycles. The van der Waals surface area contributed by atoms with E-state index in [0.717, 1.165) is 11.0 Å². The van der Waals surface area contributed by atoms with Crippen LogP contribution < -0.4 is 5.32 Å². The molecule has 1 unspecified atom stereocenters. The maximum Gasteiger partial charge on any atom is 0.248 e. The van der Waals surface area contributed by atoms with Crippen LogP contribution in [0.3, 0.4) is 0 Å². The zero-order valence-electron chi connectivity index (χ0n) is 12.1. The summed E-state index contributed by atoms with van der Waals surface area (Å²) in [6, 6.07) is 4.94. The van der Waals surface area contributed by atoms with Gasteiger partial charge in [-0.15, -0.1) is 0 Å². The number of alkyl halides is 2. The Balaban J connectivity index is 2.07. The van der Waals surface area contributed by atoms with Crippen molar-refractivity contribution < 1.29 is 13.2 Å². The van der Waals surface area contributed by atoms with Crippen molar-refractivity contribution in [2.75, 3.05) is 6.54 Å². The maximum atomic E-state index is 13.9. The van der Waals surface area contributed by atoms with Gasteiger partial charge >= 0.3 is 0 Å². The monoisotopic (exact) mass is 363 g/mol. The van der Waals surface area contributed by atoms with E-state index in [2.05, 4.69) is 21.2 Å². The van der Waals surface area contributed by atoms with Crippen molar-refractivity contribution in [1.29, 1.82) is 0 Å². The second-order valence-electron chi connectivity index (χ2n) is 5.80. The Morgan fingerprint density at radius 1 is 1.33 bits per heavy atom. The van der Waals surface area contributed by atoms with Gasteiger partial charge in [0.1, 0.15) is 5.82 Å². The number of nitrogens with one attached hydrogen (secondary N) is 1. The molecule has 21 heavy (non-hydrogen) atoms. The summed E-state index contributed by atoms with van der Waals surface area (Å²) in [5.41, 5.74) is 0.632. The molecule has 1 aromatic rings. The van der Waals surface area contributed by atoms with Gasteiger partial charge in [0.15, 0.2) is 0 Å². The molecule has 0 aromatic heterocycles. The Labute approximate surface area is 132 Å². The van der Waals surface area contributed by atoms with E-state index in [-0.39, 0.29) is 30.6 Å². The first-order chi connectivity index (χ1) is 9.91. The van der Waals surface area contributed by atoms with Crippen molar-refractivity contribution in [3.8, 4) is 0 Å². The number of likely N-dealkylation sites (N-methyl/N-ethyl adjacent to an activating group) is 1. The predicted molar refractivity (Wildman–Crippen MR) is 82.2 cm³/mol. The zero-order chi connectivity index (χ0) is 15.5. The molecule has 2 rings (SSSR count). The summed E-state index contributed by atoms with van der Waals surface area (Å²) in [4.78, 5) is 0. The highest BCUT2D eigenvalue weighted by atomic mass is 79.9. The van der Waals surface area contributed by atoms with Crippen LogP contribution in [0.25, 0.3) is 0 Å². The molecule has 5 heteroatoms. The van der Waals surface area contributed by atoms with E-state index in [0.29, 0.717) is 24.8 Å². The van der Waals surface area contributed by atoms with Crippen LogP contribution in [0.1, 0.15) is 38.2 Å². The quantitative estimate of drug-likeness (QED) is 0.781. The van der Waals surface area contributed by atoms with Crippen LogP contribution in [0.2, 0.25) is 0 Å². The molecule has 0 radical (unpaired) electrons. The molecule has 0 heterocycles. The molecular weight excluding hydrogens is 343 g/mol. The van der Waals surface area contributed by atoms with E-state index < -0.39 is 5.92 Å². The highest BCUT2D eigenvalue weighted by Gasteiger charge is 2.37. The van der Waals surface area contributed by atoms with Crippen LogP contribution in [-0.4, -0.2) is 18.5 Å². The molecule has 1 fully saturated rings. The van der Waals surface area contributed by atoms with Gasteiger partial charge < -0.3 is 5.32 Å². The molecule has 0 bridgehead atoms. The Bertz CT molecular complexity index is 469. The highest BCUT2D eigenvalue weighted by molar-refractivity contribution is 9.10. The van der Waals surface area contributed by atoms with Crippen LogP contribution >= 0.6 is 15.9 Å². The summed E-state index contributed by atoms with van der Waals surface area (Å²) < 4.78 is 41.3. The third kappa shape index (κ3) is 4.71. The molecule has 118 valence electrons. The van der Waals surface area contributed by atoms with Gasteiger partial charge in [0, 0.05) is 23.4 Å². The Morgan fingerprint density at radius 2 is 2.00 bits per heavy atom. The summed E-state index contributed by atoms with van der Waals surface area (Å²) in [7, 11) is 0. The number of benzene rings is 1. The fraction of sp³-hybridized carbons (Fsp3) is 0.625. The van der Waals surface area contributed by atoms with Crippen molar-refractivity contribution >= 4 is 15.9 Å². The molecule has 1 aliphatic rings. The van der Waals surface area contributed by atoms with Crippen LogP contribution in [0, 0.1) is 11.7 Å². The van der Waals surface area contributed by atoms with Crippen LogP contribution in [0.5, 0.6) is 0 Å². The summed E-state index contributed by atoms with van der Waals surface area (Å²) in [6.07, 6.45) is 1.43. The van der Waals surface area contributed by atoms with Gasteiger partial charge in [-0.05, 0) is 55.5 Å². The van der Waals surface area contributed by atoms with Crippen molar-refractivity contribution in [2.24, 2.45) is 5.92 Å². The first kappa shape index (κ1) is 16.8. The minimum absolute atomic E-state index is 0.0508. The van der Waals surface area contributed by atoms with Crippen molar-refractivity contribution in [3.05, 3.63) is 34.1 Å². The van der Waals surface area contributed by atoms with E-state index in [1.165, 1.54) is 6.07 Å². The van der Waals surface area contributed by atoms with Gasteiger partial charge in [0.2, 0.25) is 5.92 Å². The lowest BCUT2D eigenvalue weighted by molar-refractivity contribution is -0.0495. The van der Waals surface area contributed by atoms with Crippen molar-refractivity contribution in [2.45, 2.75) is 51.0 Å². The van der Waals surface area contributed by atoms with E-state index >= 15 is 0 Å². The summed E-state index contributed by atoms with van der Waals surface area (Å²) >= 11 is 3.35. The summed E-state index contributed by atoms with van der Waals surface area (Å²) in [6.45, 7) is 2.74. The third-order valence-corrected chi connectivity index (χ3v) is 4.74. The predicted octanol–water partition coefficient (Wildman–Crippen LogP) is 4.93. The molecule has 0 amide bonds. The Kier molecular flexibility index (Phi) is 5.72. The third-order valence-electron chi connectivity index (χ3n) is 4.24. The lowest BCUT2D eigenvalue weighted by Gasteiger charge is -2.34. The van der Waals surface area contributed by atoms with E-state index in [9.17, 15) is 13.2 Å². The Hall–Kier alpha value is -0.550.